The molecule has 0 aliphatic carbocycles. The Balaban J connectivity index is 1.92. The maximum Gasteiger partial charge on any atom is 0.222 e. The molecule has 142 valence electrons. The number of methoxy groups -OCH3 is 3. The Bertz CT molecular complexity index is 966. The maximum absolute atomic E-state index is 6.04. The number of aryl methyl sites for hydroxylation is 1. The third-order valence-electron chi connectivity index (χ3n) is 4.43. The predicted octanol–water partition coefficient (Wildman–Crippen LogP) is 2.74. The van der Waals surface area contributed by atoms with Gasteiger partial charge in [-0.05, 0) is 24.1 Å². The second-order valence-corrected chi connectivity index (χ2v) is 5.98. The first-order valence-corrected chi connectivity index (χ1v) is 8.33. The molecule has 8 nitrogen and oxygen atoms in total. The molecule has 0 radical (unpaired) electrons. The van der Waals surface area contributed by atoms with Crippen molar-refractivity contribution < 1.29 is 14.2 Å². The average Bonchev–Trinajstić information content (AvgIpc) is 2.65. The van der Waals surface area contributed by atoms with Crippen molar-refractivity contribution in [3.8, 4) is 17.2 Å². The fourth-order valence-corrected chi connectivity index (χ4v) is 3.06. The summed E-state index contributed by atoms with van der Waals surface area (Å²) in [6.45, 7) is 2.56. The molecule has 1 aromatic heterocycles. The molecular weight excluding hydrogens is 349 g/mol. The van der Waals surface area contributed by atoms with Crippen LogP contribution in [0.25, 0.3) is 10.9 Å². The Kier molecular flexibility index (Phi) is 5.07. The first-order valence-electron chi connectivity index (χ1n) is 8.33. The van der Waals surface area contributed by atoms with Crippen molar-refractivity contribution in [3.05, 3.63) is 35.4 Å². The van der Waals surface area contributed by atoms with Gasteiger partial charge in [0.1, 0.15) is 5.82 Å². The number of fused-ring (bicyclic) bond motifs is 1. The number of hydrogen-bond acceptors (Lipinski definition) is 8. The number of aromatic nitrogens is 2. The van der Waals surface area contributed by atoms with Crippen molar-refractivity contribution in [2.24, 2.45) is 0 Å². The van der Waals surface area contributed by atoms with Gasteiger partial charge in [0, 0.05) is 29.8 Å². The number of nitrogens with two attached hydrogens (primary N) is 2. The van der Waals surface area contributed by atoms with E-state index < -0.39 is 0 Å². The van der Waals surface area contributed by atoms with E-state index in [0.29, 0.717) is 29.6 Å². The summed E-state index contributed by atoms with van der Waals surface area (Å²) in [5.41, 5.74) is 15.4. The van der Waals surface area contributed by atoms with Crippen LogP contribution in [-0.2, 0) is 6.54 Å². The molecular formula is C19H23N5O3. The highest BCUT2D eigenvalue weighted by molar-refractivity contribution is 5.92. The molecule has 0 spiro atoms. The summed E-state index contributed by atoms with van der Waals surface area (Å²) in [6, 6.07) is 7.60. The standard InChI is InChI=1S/C19H23N5O3/c1-10-11(5-6-13-16(10)18(20)24-19(21)23-13)9-22-12-7-14(25-2)17(27-4)15(8-12)26-3/h5-8,22H,9H2,1-4H3,(H4,20,21,23,24)/i9+1,18+1,23+1. The van der Waals surface area contributed by atoms with Crippen molar-refractivity contribution >= 4 is 28.4 Å². The van der Waals surface area contributed by atoms with Crippen LogP contribution in [0.2, 0.25) is 0 Å². The summed E-state index contributed by atoms with van der Waals surface area (Å²) >= 11 is 0. The van der Waals surface area contributed by atoms with Crippen LogP contribution in [0.4, 0.5) is 17.5 Å². The number of anilines is 3. The van der Waals surface area contributed by atoms with Crippen molar-refractivity contribution in [3.63, 3.8) is 0 Å². The van der Waals surface area contributed by atoms with Gasteiger partial charge < -0.3 is 31.0 Å². The Hall–Kier alpha value is -3.42. The van der Waals surface area contributed by atoms with Gasteiger partial charge in [-0.3, -0.25) is 0 Å². The van der Waals surface area contributed by atoms with E-state index in [1.54, 1.807) is 21.3 Å². The molecule has 0 saturated heterocycles. The van der Waals surface area contributed by atoms with E-state index in [9.17, 15) is 0 Å². The van der Waals surface area contributed by atoms with Crippen LogP contribution in [0.1, 0.15) is 11.1 Å². The zero-order valence-electron chi connectivity index (χ0n) is 15.8. The number of benzene rings is 2. The van der Waals surface area contributed by atoms with Crippen LogP contribution in [0.15, 0.2) is 24.3 Å². The van der Waals surface area contributed by atoms with Gasteiger partial charge in [0.15, 0.2) is 11.5 Å². The van der Waals surface area contributed by atoms with Crippen molar-refractivity contribution in [2.45, 2.75) is 13.5 Å². The summed E-state index contributed by atoms with van der Waals surface area (Å²) in [6.07, 6.45) is 0. The number of hydrogen-bond donors (Lipinski definition) is 3. The molecule has 27 heavy (non-hydrogen) atoms. The third kappa shape index (κ3) is 3.46. The summed E-state index contributed by atoms with van der Waals surface area (Å²) in [4.78, 5) is 8.30. The van der Waals surface area contributed by atoms with E-state index in [-0.39, 0.29) is 5.95 Å². The second-order valence-electron chi connectivity index (χ2n) is 5.98. The maximum atomic E-state index is 6.04. The fraction of sp³-hybridized carbons (Fsp3) is 0.263. The molecule has 0 atom stereocenters. The molecule has 3 aromatic rings. The minimum Gasteiger partial charge on any atom is -0.493 e. The molecule has 0 fully saturated rings. The summed E-state index contributed by atoms with van der Waals surface area (Å²) < 4.78 is 16.1. The normalized spacial score (nSPS) is 10.7. The third-order valence-corrected chi connectivity index (χ3v) is 4.43. The van der Waals surface area contributed by atoms with Gasteiger partial charge in [0.05, 0.1) is 26.8 Å². The molecule has 0 aliphatic rings. The topological polar surface area (TPSA) is 118 Å². The lowest BCUT2D eigenvalue weighted by molar-refractivity contribution is 0.324. The first kappa shape index (κ1) is 18.4. The van der Waals surface area contributed by atoms with Gasteiger partial charge in [-0.25, -0.2) is 4.98 Å². The molecule has 0 bridgehead atoms. The molecule has 2 aromatic carbocycles. The highest BCUT2D eigenvalue weighted by Gasteiger charge is 2.14. The summed E-state index contributed by atoms with van der Waals surface area (Å²) in [5.74, 6) is 2.27. The van der Waals surface area contributed by atoms with E-state index in [4.69, 9.17) is 25.7 Å². The van der Waals surface area contributed by atoms with E-state index in [1.807, 2.05) is 31.2 Å². The largest absolute Gasteiger partial charge is 0.493 e. The monoisotopic (exact) mass is 372 g/mol. The van der Waals surface area contributed by atoms with Crippen LogP contribution in [0, 0.1) is 6.92 Å². The van der Waals surface area contributed by atoms with Crippen LogP contribution < -0.4 is 31.0 Å². The average molecular weight is 372 g/mol. The Morgan fingerprint density at radius 2 is 1.63 bits per heavy atom. The lowest BCUT2D eigenvalue weighted by Crippen LogP contribution is -2.06. The van der Waals surface area contributed by atoms with E-state index in [1.165, 1.54) is 0 Å². The zero-order chi connectivity index (χ0) is 19.6. The molecule has 8 heteroatoms. The van der Waals surface area contributed by atoms with E-state index >= 15 is 0 Å². The van der Waals surface area contributed by atoms with E-state index in [0.717, 1.165) is 27.7 Å². The molecule has 5 N–H and O–H groups in total. The SMILES string of the molecule is COc1cc(N[13CH2]c2ccc3[15n]c(N)n[13c](N)c3c2C)cc(OC)c1OC. The van der Waals surface area contributed by atoms with Crippen molar-refractivity contribution in [2.75, 3.05) is 38.1 Å². The van der Waals surface area contributed by atoms with Crippen LogP contribution in [0.5, 0.6) is 17.2 Å². The quantitative estimate of drug-likeness (QED) is 0.565. The van der Waals surface area contributed by atoms with Gasteiger partial charge in [0.25, 0.3) is 0 Å². The number of nitrogens with one attached hydrogen (secondary N) is 1. The lowest BCUT2D eigenvalue weighted by Gasteiger charge is -2.16. The number of nitrogen functional groups attached to an aromatic ring is 2. The molecule has 1 heterocycles. The fourth-order valence-electron chi connectivity index (χ4n) is 3.06. The van der Waals surface area contributed by atoms with Gasteiger partial charge >= 0.3 is 0 Å². The number of ether oxygens (including phenoxy) is 3. The number of rotatable bonds is 6. The smallest absolute Gasteiger partial charge is 0.222 e. The van der Waals surface area contributed by atoms with Crippen molar-refractivity contribution in [1.29, 1.82) is 0 Å². The molecule has 0 aliphatic heterocycles. The molecule has 3 rings (SSSR count). The van der Waals surface area contributed by atoms with Crippen LogP contribution in [0.3, 0.4) is 0 Å². The molecule has 0 amide bonds. The minimum atomic E-state index is 0.169. The highest BCUT2D eigenvalue weighted by Crippen LogP contribution is 2.40. The van der Waals surface area contributed by atoms with Crippen LogP contribution >= 0.6 is 0 Å². The van der Waals surface area contributed by atoms with Crippen LogP contribution in [-0.4, -0.2) is 31.3 Å². The van der Waals surface area contributed by atoms with Gasteiger partial charge in [-0.1, -0.05) is 6.07 Å². The summed E-state index contributed by atoms with van der Waals surface area (Å²) in [7, 11) is 4.75. The highest BCUT2D eigenvalue weighted by atomic mass is 16.5. The second kappa shape index (κ2) is 7.45. The Morgan fingerprint density at radius 1 is 0.963 bits per heavy atom. The number of nitrogens with zero attached hydrogens (tertiary/aromatic N) is 2. The lowest BCUT2D eigenvalue weighted by atomic mass is 10.1. The zero-order valence-corrected chi connectivity index (χ0v) is 15.8. The Labute approximate surface area is 157 Å². The summed E-state index contributed by atoms with van der Waals surface area (Å²) in [5, 5.41) is 4.19. The van der Waals surface area contributed by atoms with Gasteiger partial charge in [-0.15, -0.1) is 0 Å². The first-order chi connectivity index (χ1) is 13.0. The molecule has 0 unspecified atom stereocenters. The van der Waals surface area contributed by atoms with E-state index in [2.05, 4.69) is 15.3 Å². The Morgan fingerprint density at radius 3 is 2.22 bits per heavy atom. The minimum absolute atomic E-state index is 0.169. The predicted molar refractivity (Wildman–Crippen MR) is 107 cm³/mol. The van der Waals surface area contributed by atoms with Gasteiger partial charge in [0.2, 0.25) is 11.7 Å². The van der Waals surface area contributed by atoms with Crippen molar-refractivity contribution in [1.82, 2.24) is 9.97 Å². The van der Waals surface area contributed by atoms with Gasteiger partial charge in [-0.2, -0.15) is 4.98 Å². The molecule has 0 saturated carbocycles.